The van der Waals surface area contributed by atoms with Crippen molar-refractivity contribution in [3.63, 3.8) is 0 Å². The summed E-state index contributed by atoms with van der Waals surface area (Å²) in [6.07, 6.45) is 2.52. The van der Waals surface area contributed by atoms with Gasteiger partial charge in [-0.25, -0.2) is 12.7 Å². The summed E-state index contributed by atoms with van der Waals surface area (Å²) in [4.78, 5) is 16.7. The predicted octanol–water partition coefficient (Wildman–Crippen LogP) is -0.179. The van der Waals surface area contributed by atoms with Crippen molar-refractivity contribution in [2.75, 3.05) is 46.0 Å². The Labute approximate surface area is 121 Å². The fourth-order valence-corrected chi connectivity index (χ4v) is 3.82. The van der Waals surface area contributed by atoms with Crippen LogP contribution in [-0.4, -0.2) is 80.5 Å². The molecule has 1 unspecified atom stereocenters. The van der Waals surface area contributed by atoms with Gasteiger partial charge in [-0.15, -0.1) is 0 Å². The van der Waals surface area contributed by atoms with Gasteiger partial charge in [0.25, 0.3) is 0 Å². The summed E-state index contributed by atoms with van der Waals surface area (Å²) in [5.41, 5.74) is 0. The molecule has 2 rings (SSSR count). The van der Waals surface area contributed by atoms with E-state index in [1.165, 1.54) is 10.6 Å². The van der Waals surface area contributed by atoms with Crippen LogP contribution in [-0.2, 0) is 14.8 Å². The SMILES string of the molecule is CC1CN(C(=O)C2CCN(S(C)(=O)=O)CC2)CCN1C. The summed E-state index contributed by atoms with van der Waals surface area (Å²) in [6, 6.07) is 0.392. The Bertz CT molecular complexity index is 457. The molecule has 1 atom stereocenters. The molecular weight excluding hydrogens is 278 g/mol. The minimum Gasteiger partial charge on any atom is -0.340 e. The van der Waals surface area contributed by atoms with Crippen molar-refractivity contribution in [3.05, 3.63) is 0 Å². The molecule has 2 heterocycles. The molecule has 0 aromatic heterocycles. The zero-order chi connectivity index (χ0) is 14.9. The molecule has 0 saturated carbocycles. The number of carbonyl (C=O) groups is 1. The highest BCUT2D eigenvalue weighted by Gasteiger charge is 2.33. The molecule has 116 valence electrons. The van der Waals surface area contributed by atoms with Gasteiger partial charge in [0.2, 0.25) is 15.9 Å². The van der Waals surface area contributed by atoms with E-state index in [1.807, 2.05) is 4.90 Å². The Morgan fingerprint density at radius 1 is 1.10 bits per heavy atom. The lowest BCUT2D eigenvalue weighted by Gasteiger charge is -2.40. The largest absolute Gasteiger partial charge is 0.340 e. The van der Waals surface area contributed by atoms with Gasteiger partial charge in [0.05, 0.1) is 6.26 Å². The van der Waals surface area contributed by atoms with E-state index in [-0.39, 0.29) is 11.8 Å². The second-order valence-electron chi connectivity index (χ2n) is 6.05. The number of amides is 1. The van der Waals surface area contributed by atoms with E-state index in [9.17, 15) is 13.2 Å². The van der Waals surface area contributed by atoms with Gasteiger partial charge in [-0.3, -0.25) is 4.79 Å². The predicted molar refractivity (Wildman–Crippen MR) is 77.8 cm³/mol. The Balaban J connectivity index is 1.89. The van der Waals surface area contributed by atoms with Gasteiger partial charge in [-0.05, 0) is 26.8 Å². The monoisotopic (exact) mass is 303 g/mol. The third-order valence-electron chi connectivity index (χ3n) is 4.54. The molecule has 6 nitrogen and oxygen atoms in total. The van der Waals surface area contributed by atoms with Gasteiger partial charge >= 0.3 is 0 Å². The summed E-state index contributed by atoms with van der Waals surface area (Å²) in [6.45, 7) is 5.55. The average Bonchev–Trinajstić information content (AvgIpc) is 2.40. The van der Waals surface area contributed by atoms with E-state index in [0.717, 1.165) is 19.6 Å². The standard InChI is InChI=1S/C13H25N3O3S/c1-11-10-15(9-8-14(11)2)13(17)12-4-6-16(7-5-12)20(3,18)19/h11-12H,4-10H2,1-3H3. The van der Waals surface area contributed by atoms with Crippen molar-refractivity contribution in [1.82, 2.24) is 14.1 Å². The van der Waals surface area contributed by atoms with Crippen molar-refractivity contribution in [1.29, 1.82) is 0 Å². The van der Waals surface area contributed by atoms with Gasteiger partial charge < -0.3 is 9.80 Å². The first kappa shape index (κ1) is 15.7. The second kappa shape index (κ2) is 5.99. The van der Waals surface area contributed by atoms with Crippen LogP contribution in [0, 0.1) is 5.92 Å². The van der Waals surface area contributed by atoms with Crippen LogP contribution in [0.4, 0.5) is 0 Å². The maximum Gasteiger partial charge on any atom is 0.225 e. The summed E-state index contributed by atoms with van der Waals surface area (Å²) in [7, 11) is -1.03. The quantitative estimate of drug-likeness (QED) is 0.710. The first-order chi connectivity index (χ1) is 9.29. The van der Waals surface area contributed by atoms with Crippen LogP contribution < -0.4 is 0 Å². The van der Waals surface area contributed by atoms with Gasteiger partial charge in [0, 0.05) is 44.7 Å². The zero-order valence-corrected chi connectivity index (χ0v) is 13.4. The third-order valence-corrected chi connectivity index (χ3v) is 5.85. The Morgan fingerprint density at radius 3 is 2.20 bits per heavy atom. The molecule has 2 saturated heterocycles. The summed E-state index contributed by atoms with van der Waals surface area (Å²) >= 11 is 0. The van der Waals surface area contributed by atoms with E-state index in [0.29, 0.717) is 32.0 Å². The molecule has 2 fully saturated rings. The molecule has 0 N–H and O–H groups in total. The van der Waals surface area contributed by atoms with Crippen molar-refractivity contribution in [2.45, 2.75) is 25.8 Å². The smallest absolute Gasteiger partial charge is 0.225 e. The zero-order valence-electron chi connectivity index (χ0n) is 12.6. The van der Waals surface area contributed by atoms with Crippen LogP contribution in [0.2, 0.25) is 0 Å². The third kappa shape index (κ3) is 3.51. The number of carbonyl (C=O) groups excluding carboxylic acids is 1. The summed E-state index contributed by atoms with van der Waals surface area (Å²) in [5.74, 6) is 0.196. The molecule has 7 heteroatoms. The van der Waals surface area contributed by atoms with Crippen LogP contribution in [0.1, 0.15) is 19.8 Å². The van der Waals surface area contributed by atoms with Gasteiger partial charge in [0.1, 0.15) is 0 Å². The van der Waals surface area contributed by atoms with Crippen molar-refractivity contribution in [2.24, 2.45) is 5.92 Å². The van der Waals surface area contributed by atoms with Crippen molar-refractivity contribution >= 4 is 15.9 Å². The number of sulfonamides is 1. The average molecular weight is 303 g/mol. The minimum absolute atomic E-state index is 0.0105. The number of likely N-dealkylation sites (N-methyl/N-ethyl adjacent to an activating group) is 1. The number of hydrogen-bond donors (Lipinski definition) is 0. The van der Waals surface area contributed by atoms with E-state index in [4.69, 9.17) is 0 Å². The second-order valence-corrected chi connectivity index (χ2v) is 8.03. The number of rotatable bonds is 2. The highest BCUT2D eigenvalue weighted by atomic mass is 32.2. The molecule has 0 spiro atoms. The van der Waals surface area contributed by atoms with Crippen LogP contribution in [0.3, 0.4) is 0 Å². The molecule has 0 radical (unpaired) electrons. The molecule has 20 heavy (non-hydrogen) atoms. The number of piperidine rings is 1. The fourth-order valence-electron chi connectivity index (χ4n) is 2.94. The van der Waals surface area contributed by atoms with E-state index in [1.54, 1.807) is 0 Å². The number of piperazine rings is 1. The topological polar surface area (TPSA) is 60.9 Å². The first-order valence-electron chi connectivity index (χ1n) is 7.23. The molecule has 0 aromatic rings. The first-order valence-corrected chi connectivity index (χ1v) is 9.08. The lowest BCUT2D eigenvalue weighted by atomic mass is 9.96. The molecule has 2 aliphatic rings. The van der Waals surface area contributed by atoms with Gasteiger partial charge in [0.15, 0.2) is 0 Å². The summed E-state index contributed by atoms with van der Waals surface area (Å²) in [5, 5.41) is 0. The van der Waals surface area contributed by atoms with Crippen LogP contribution in [0.5, 0.6) is 0 Å². The van der Waals surface area contributed by atoms with Crippen LogP contribution >= 0.6 is 0 Å². The number of nitrogens with zero attached hydrogens (tertiary/aromatic N) is 3. The van der Waals surface area contributed by atoms with Gasteiger partial charge in [-0.1, -0.05) is 0 Å². The number of hydrogen-bond acceptors (Lipinski definition) is 4. The summed E-state index contributed by atoms with van der Waals surface area (Å²) < 4.78 is 24.4. The van der Waals surface area contributed by atoms with E-state index >= 15 is 0 Å². The Hall–Kier alpha value is -0.660. The Kier molecular flexibility index (Phi) is 4.71. The molecule has 1 amide bonds. The fraction of sp³-hybridized carbons (Fsp3) is 0.923. The normalized spacial score (nSPS) is 27.8. The Morgan fingerprint density at radius 2 is 1.70 bits per heavy atom. The molecule has 0 aromatic carbocycles. The lowest BCUT2D eigenvalue weighted by Crippen LogP contribution is -2.54. The van der Waals surface area contributed by atoms with Crippen molar-refractivity contribution < 1.29 is 13.2 Å². The van der Waals surface area contributed by atoms with Crippen molar-refractivity contribution in [3.8, 4) is 0 Å². The maximum absolute atomic E-state index is 12.5. The molecule has 0 bridgehead atoms. The molecule has 0 aliphatic carbocycles. The lowest BCUT2D eigenvalue weighted by molar-refractivity contribution is -0.139. The van der Waals surface area contributed by atoms with E-state index < -0.39 is 10.0 Å². The van der Waals surface area contributed by atoms with Crippen LogP contribution in [0.25, 0.3) is 0 Å². The highest BCUT2D eigenvalue weighted by molar-refractivity contribution is 7.88. The van der Waals surface area contributed by atoms with E-state index in [2.05, 4.69) is 18.9 Å². The highest BCUT2D eigenvalue weighted by Crippen LogP contribution is 2.22. The van der Waals surface area contributed by atoms with Gasteiger partial charge in [-0.2, -0.15) is 0 Å². The molecular formula is C13H25N3O3S. The molecule has 2 aliphatic heterocycles. The van der Waals surface area contributed by atoms with Crippen LogP contribution in [0.15, 0.2) is 0 Å². The maximum atomic E-state index is 12.5. The minimum atomic E-state index is -3.11.